The Labute approximate surface area is 153 Å². The SMILES string of the molecule is CN(C)C1(CNc2ncnc3c2cnn3-c2ccccc2)CCOCC1. The van der Waals surface area contributed by atoms with Crippen LogP contribution in [0.25, 0.3) is 16.7 Å². The fourth-order valence-corrected chi connectivity index (χ4v) is 3.52. The van der Waals surface area contributed by atoms with E-state index in [0.717, 1.165) is 55.1 Å². The molecule has 1 aromatic carbocycles. The van der Waals surface area contributed by atoms with Gasteiger partial charge in [0.15, 0.2) is 5.65 Å². The van der Waals surface area contributed by atoms with Crippen LogP contribution in [-0.4, -0.2) is 64.0 Å². The third-order valence-electron chi connectivity index (χ3n) is 5.32. The third-order valence-corrected chi connectivity index (χ3v) is 5.32. The molecule has 26 heavy (non-hydrogen) atoms. The van der Waals surface area contributed by atoms with Crippen molar-refractivity contribution < 1.29 is 4.74 Å². The van der Waals surface area contributed by atoms with Crippen molar-refractivity contribution in [3.05, 3.63) is 42.9 Å². The first kappa shape index (κ1) is 16.9. The Hall–Kier alpha value is -2.51. The number of aromatic nitrogens is 4. The number of nitrogens with one attached hydrogen (secondary N) is 1. The average molecular weight is 352 g/mol. The zero-order valence-corrected chi connectivity index (χ0v) is 15.2. The van der Waals surface area contributed by atoms with Gasteiger partial charge < -0.3 is 15.0 Å². The van der Waals surface area contributed by atoms with E-state index in [9.17, 15) is 0 Å². The number of nitrogens with zero attached hydrogens (tertiary/aromatic N) is 5. The Bertz CT molecular complexity index is 870. The first-order valence-corrected chi connectivity index (χ1v) is 8.93. The van der Waals surface area contributed by atoms with Crippen molar-refractivity contribution in [2.24, 2.45) is 0 Å². The zero-order valence-electron chi connectivity index (χ0n) is 15.2. The summed E-state index contributed by atoms with van der Waals surface area (Å²) in [6.07, 6.45) is 5.43. The first-order chi connectivity index (χ1) is 12.7. The topological polar surface area (TPSA) is 68.1 Å². The van der Waals surface area contributed by atoms with Gasteiger partial charge in [0.25, 0.3) is 0 Å². The monoisotopic (exact) mass is 352 g/mol. The maximum absolute atomic E-state index is 5.56. The lowest BCUT2D eigenvalue weighted by Crippen LogP contribution is -2.53. The second kappa shape index (κ2) is 7.01. The molecule has 7 nitrogen and oxygen atoms in total. The van der Waals surface area contributed by atoms with E-state index in [1.54, 1.807) is 6.33 Å². The van der Waals surface area contributed by atoms with Crippen molar-refractivity contribution in [2.75, 3.05) is 39.2 Å². The number of anilines is 1. The molecule has 1 aliphatic rings. The molecule has 0 spiro atoms. The maximum Gasteiger partial charge on any atom is 0.168 e. The van der Waals surface area contributed by atoms with Crippen molar-refractivity contribution in [3.8, 4) is 5.69 Å². The molecular weight excluding hydrogens is 328 g/mol. The molecule has 1 aliphatic heterocycles. The summed E-state index contributed by atoms with van der Waals surface area (Å²) in [7, 11) is 4.27. The molecule has 1 fully saturated rings. The second-order valence-corrected chi connectivity index (χ2v) is 6.94. The minimum Gasteiger partial charge on any atom is -0.381 e. The standard InChI is InChI=1S/C19H24N6O/c1-24(2)19(8-10-26-11-9-19)13-20-17-16-12-23-25(18(16)22-14-21-17)15-6-4-3-5-7-15/h3-7,12,14H,8-11,13H2,1-2H3,(H,20,21,22). The lowest BCUT2D eigenvalue weighted by Gasteiger charge is -2.43. The van der Waals surface area contributed by atoms with Crippen LogP contribution in [0.1, 0.15) is 12.8 Å². The Balaban J connectivity index is 1.62. The first-order valence-electron chi connectivity index (χ1n) is 8.93. The summed E-state index contributed by atoms with van der Waals surface area (Å²) in [5.41, 5.74) is 1.87. The molecule has 7 heteroatoms. The van der Waals surface area contributed by atoms with Gasteiger partial charge in [-0.2, -0.15) is 5.10 Å². The van der Waals surface area contributed by atoms with Gasteiger partial charge in [-0.25, -0.2) is 14.6 Å². The van der Waals surface area contributed by atoms with Crippen LogP contribution in [0.4, 0.5) is 5.82 Å². The number of likely N-dealkylation sites (N-methyl/N-ethyl adjacent to an activating group) is 1. The van der Waals surface area contributed by atoms with Gasteiger partial charge in [0.1, 0.15) is 12.1 Å². The van der Waals surface area contributed by atoms with Gasteiger partial charge in [0.2, 0.25) is 0 Å². The van der Waals surface area contributed by atoms with Gasteiger partial charge in [0.05, 0.1) is 17.3 Å². The third kappa shape index (κ3) is 3.04. The molecule has 0 bridgehead atoms. The molecule has 0 aliphatic carbocycles. The summed E-state index contributed by atoms with van der Waals surface area (Å²) in [5, 5.41) is 8.99. The molecule has 0 unspecified atom stereocenters. The highest BCUT2D eigenvalue weighted by molar-refractivity contribution is 5.87. The number of hydrogen-bond acceptors (Lipinski definition) is 6. The van der Waals surface area contributed by atoms with Crippen molar-refractivity contribution in [1.29, 1.82) is 0 Å². The fraction of sp³-hybridized carbons (Fsp3) is 0.421. The van der Waals surface area contributed by atoms with Gasteiger partial charge in [-0.15, -0.1) is 0 Å². The average Bonchev–Trinajstić information content (AvgIpc) is 3.12. The molecule has 1 saturated heterocycles. The fourth-order valence-electron chi connectivity index (χ4n) is 3.52. The largest absolute Gasteiger partial charge is 0.381 e. The van der Waals surface area contributed by atoms with Gasteiger partial charge in [-0.05, 0) is 39.1 Å². The number of hydrogen-bond donors (Lipinski definition) is 1. The summed E-state index contributed by atoms with van der Waals surface area (Å²) < 4.78 is 7.40. The van der Waals surface area contributed by atoms with Crippen LogP contribution in [-0.2, 0) is 4.74 Å². The van der Waals surface area contributed by atoms with E-state index < -0.39 is 0 Å². The van der Waals surface area contributed by atoms with Crippen molar-refractivity contribution in [3.63, 3.8) is 0 Å². The van der Waals surface area contributed by atoms with E-state index in [1.807, 2.05) is 41.2 Å². The van der Waals surface area contributed by atoms with E-state index in [2.05, 4.69) is 39.4 Å². The predicted molar refractivity (Wildman–Crippen MR) is 102 cm³/mol. The summed E-state index contributed by atoms with van der Waals surface area (Å²) in [5.74, 6) is 0.824. The van der Waals surface area contributed by atoms with Crippen molar-refractivity contribution >= 4 is 16.9 Å². The van der Waals surface area contributed by atoms with Crippen molar-refractivity contribution in [2.45, 2.75) is 18.4 Å². The molecule has 4 rings (SSSR count). The number of ether oxygens (including phenoxy) is 1. The van der Waals surface area contributed by atoms with Crippen LogP contribution >= 0.6 is 0 Å². The lowest BCUT2D eigenvalue weighted by atomic mass is 9.88. The minimum atomic E-state index is 0.0744. The van der Waals surface area contributed by atoms with Crippen LogP contribution in [0.2, 0.25) is 0 Å². The highest BCUT2D eigenvalue weighted by Gasteiger charge is 2.34. The van der Waals surface area contributed by atoms with E-state index >= 15 is 0 Å². The quantitative estimate of drug-likeness (QED) is 0.760. The van der Waals surface area contributed by atoms with Crippen LogP contribution in [0.3, 0.4) is 0 Å². The van der Waals surface area contributed by atoms with Gasteiger partial charge >= 0.3 is 0 Å². The predicted octanol–water partition coefficient (Wildman–Crippen LogP) is 2.34. The highest BCUT2D eigenvalue weighted by atomic mass is 16.5. The van der Waals surface area contributed by atoms with Gasteiger partial charge in [-0.1, -0.05) is 18.2 Å². The molecule has 0 radical (unpaired) electrons. The second-order valence-electron chi connectivity index (χ2n) is 6.94. The lowest BCUT2D eigenvalue weighted by molar-refractivity contribution is -0.000651. The summed E-state index contributed by atoms with van der Waals surface area (Å²) in [6, 6.07) is 10.0. The molecular formula is C19H24N6O. The number of rotatable bonds is 5. The summed E-state index contributed by atoms with van der Waals surface area (Å²) in [4.78, 5) is 11.2. The highest BCUT2D eigenvalue weighted by Crippen LogP contribution is 2.28. The van der Waals surface area contributed by atoms with Gasteiger partial charge in [-0.3, -0.25) is 0 Å². The van der Waals surface area contributed by atoms with E-state index in [1.165, 1.54) is 0 Å². The normalized spacial score (nSPS) is 16.9. The zero-order chi connectivity index (χ0) is 18.0. The van der Waals surface area contributed by atoms with E-state index in [0.29, 0.717) is 0 Å². The number of para-hydroxylation sites is 1. The smallest absolute Gasteiger partial charge is 0.168 e. The molecule has 0 saturated carbocycles. The number of fused-ring (bicyclic) bond motifs is 1. The molecule has 3 heterocycles. The van der Waals surface area contributed by atoms with Crippen LogP contribution in [0.5, 0.6) is 0 Å². The molecule has 0 amide bonds. The Morgan fingerprint density at radius 1 is 1.15 bits per heavy atom. The molecule has 136 valence electrons. The Morgan fingerprint density at radius 3 is 2.65 bits per heavy atom. The summed E-state index contributed by atoms with van der Waals surface area (Å²) >= 11 is 0. The molecule has 2 aromatic heterocycles. The van der Waals surface area contributed by atoms with Crippen LogP contribution in [0.15, 0.2) is 42.9 Å². The maximum atomic E-state index is 5.56. The number of benzene rings is 1. The van der Waals surface area contributed by atoms with Crippen molar-refractivity contribution in [1.82, 2.24) is 24.6 Å². The van der Waals surface area contributed by atoms with Crippen LogP contribution < -0.4 is 5.32 Å². The van der Waals surface area contributed by atoms with Crippen LogP contribution in [0, 0.1) is 0 Å². The van der Waals surface area contributed by atoms with E-state index in [4.69, 9.17) is 4.74 Å². The Morgan fingerprint density at radius 2 is 1.92 bits per heavy atom. The van der Waals surface area contributed by atoms with Gasteiger partial charge in [0, 0.05) is 25.3 Å². The van der Waals surface area contributed by atoms with E-state index in [-0.39, 0.29) is 5.54 Å². The molecule has 1 N–H and O–H groups in total. The minimum absolute atomic E-state index is 0.0744. The Kier molecular flexibility index (Phi) is 4.57. The molecule has 0 atom stereocenters. The summed E-state index contributed by atoms with van der Waals surface area (Å²) in [6.45, 7) is 2.40. The molecule has 3 aromatic rings.